The van der Waals surface area contributed by atoms with Gasteiger partial charge in [-0.05, 0) is 18.4 Å². The highest BCUT2D eigenvalue weighted by Gasteiger charge is 2.12. The lowest BCUT2D eigenvalue weighted by atomic mass is 10.1. The number of nitrogens with one attached hydrogen (secondary N) is 1. The standard InChI is InChI=1S/C15H20N2O4/c1-19-8-7-16-15(18)14-9-13(21-17-14)11-20-10-12-5-3-2-4-6-12/h3,5-6,9H,2,4,7-8,10-11H2,1H3,(H,16,18). The second-order valence-electron chi connectivity index (χ2n) is 4.68. The molecule has 114 valence electrons. The van der Waals surface area contributed by atoms with Gasteiger partial charge in [0.2, 0.25) is 0 Å². The van der Waals surface area contributed by atoms with Crippen LogP contribution >= 0.6 is 0 Å². The number of ether oxygens (including phenoxy) is 2. The molecule has 1 aliphatic rings. The zero-order valence-corrected chi connectivity index (χ0v) is 12.1. The number of carbonyl (C=O) groups is 1. The second-order valence-corrected chi connectivity index (χ2v) is 4.68. The molecule has 6 nitrogen and oxygen atoms in total. The van der Waals surface area contributed by atoms with Crippen molar-refractivity contribution >= 4 is 5.91 Å². The number of carbonyl (C=O) groups excluding carboxylic acids is 1. The van der Waals surface area contributed by atoms with E-state index in [1.165, 1.54) is 5.57 Å². The van der Waals surface area contributed by atoms with Crippen LogP contribution in [0.2, 0.25) is 0 Å². The lowest BCUT2D eigenvalue weighted by Gasteiger charge is -2.06. The maximum atomic E-state index is 11.7. The topological polar surface area (TPSA) is 73.6 Å². The summed E-state index contributed by atoms with van der Waals surface area (Å²) in [5.74, 6) is 0.257. The van der Waals surface area contributed by atoms with Gasteiger partial charge in [-0.15, -0.1) is 0 Å². The molecular weight excluding hydrogens is 272 g/mol. The fraction of sp³-hybridized carbons (Fsp3) is 0.467. The fourth-order valence-electron chi connectivity index (χ4n) is 1.89. The number of methoxy groups -OCH3 is 1. The Bertz CT molecular complexity index is 519. The minimum absolute atomic E-state index is 0.251. The van der Waals surface area contributed by atoms with Gasteiger partial charge < -0.3 is 19.3 Å². The first-order valence-electron chi connectivity index (χ1n) is 6.95. The van der Waals surface area contributed by atoms with Crippen LogP contribution in [-0.2, 0) is 16.1 Å². The first kappa shape index (κ1) is 15.5. The molecule has 0 aromatic carbocycles. The molecule has 6 heteroatoms. The molecule has 1 aromatic heterocycles. The van der Waals surface area contributed by atoms with Crippen LogP contribution in [-0.4, -0.2) is 37.9 Å². The Morgan fingerprint density at radius 3 is 3.10 bits per heavy atom. The van der Waals surface area contributed by atoms with Crippen molar-refractivity contribution in [3.63, 3.8) is 0 Å². The molecule has 0 saturated heterocycles. The second kappa shape index (κ2) is 8.39. The number of amides is 1. The maximum absolute atomic E-state index is 11.7. The van der Waals surface area contributed by atoms with Gasteiger partial charge in [-0.2, -0.15) is 0 Å². The number of rotatable bonds is 8. The summed E-state index contributed by atoms with van der Waals surface area (Å²) >= 11 is 0. The third kappa shape index (κ3) is 5.17. The summed E-state index contributed by atoms with van der Waals surface area (Å²) in [5.41, 5.74) is 1.42. The lowest BCUT2D eigenvalue weighted by Crippen LogP contribution is -2.27. The summed E-state index contributed by atoms with van der Waals surface area (Å²) in [6, 6.07) is 1.59. The average Bonchev–Trinajstić information content (AvgIpc) is 2.97. The number of aromatic nitrogens is 1. The summed E-state index contributed by atoms with van der Waals surface area (Å²) in [4.78, 5) is 11.7. The van der Waals surface area contributed by atoms with Gasteiger partial charge in [-0.1, -0.05) is 23.4 Å². The van der Waals surface area contributed by atoms with E-state index < -0.39 is 0 Å². The molecule has 1 amide bonds. The highest BCUT2D eigenvalue weighted by Crippen LogP contribution is 2.11. The van der Waals surface area contributed by atoms with Crippen molar-refractivity contribution in [3.05, 3.63) is 41.3 Å². The van der Waals surface area contributed by atoms with Crippen molar-refractivity contribution in [2.24, 2.45) is 0 Å². The van der Waals surface area contributed by atoms with Gasteiger partial charge in [-0.25, -0.2) is 0 Å². The Kier molecular flexibility index (Phi) is 6.18. The van der Waals surface area contributed by atoms with Gasteiger partial charge in [0.15, 0.2) is 11.5 Å². The molecule has 0 aliphatic heterocycles. The zero-order chi connectivity index (χ0) is 14.9. The van der Waals surface area contributed by atoms with E-state index >= 15 is 0 Å². The third-order valence-corrected chi connectivity index (χ3v) is 2.97. The normalized spacial score (nSPS) is 14.0. The molecule has 0 spiro atoms. The van der Waals surface area contributed by atoms with Crippen LogP contribution in [0, 0.1) is 0 Å². The largest absolute Gasteiger partial charge is 0.383 e. The molecule has 0 bridgehead atoms. The molecule has 0 fully saturated rings. The molecule has 0 atom stereocenters. The Labute approximate surface area is 123 Å². The minimum atomic E-state index is -0.278. The van der Waals surface area contributed by atoms with Gasteiger partial charge in [0.25, 0.3) is 5.91 Å². The molecule has 1 N–H and O–H groups in total. The lowest BCUT2D eigenvalue weighted by molar-refractivity contribution is 0.0926. The Balaban J connectivity index is 1.73. The van der Waals surface area contributed by atoms with Crippen LogP contribution in [0.5, 0.6) is 0 Å². The first-order chi connectivity index (χ1) is 10.3. The summed E-state index contributed by atoms with van der Waals surface area (Å²) in [6.07, 6.45) is 8.51. The average molecular weight is 292 g/mol. The van der Waals surface area contributed by atoms with E-state index in [-0.39, 0.29) is 11.6 Å². The van der Waals surface area contributed by atoms with Crippen molar-refractivity contribution in [1.82, 2.24) is 10.5 Å². The summed E-state index contributed by atoms with van der Waals surface area (Å²) < 4.78 is 15.5. The number of hydrogen-bond donors (Lipinski definition) is 1. The van der Waals surface area contributed by atoms with Gasteiger partial charge in [0, 0.05) is 19.7 Å². The van der Waals surface area contributed by atoms with Crippen LogP contribution in [0.1, 0.15) is 29.1 Å². The van der Waals surface area contributed by atoms with E-state index in [0.717, 1.165) is 12.8 Å². The molecule has 21 heavy (non-hydrogen) atoms. The van der Waals surface area contributed by atoms with E-state index in [2.05, 4.69) is 28.7 Å². The van der Waals surface area contributed by atoms with Gasteiger partial charge >= 0.3 is 0 Å². The van der Waals surface area contributed by atoms with E-state index in [1.54, 1.807) is 13.2 Å². The molecule has 1 aromatic rings. The van der Waals surface area contributed by atoms with Crippen LogP contribution in [0.25, 0.3) is 0 Å². The molecule has 0 unspecified atom stereocenters. The van der Waals surface area contributed by atoms with Crippen LogP contribution < -0.4 is 5.32 Å². The quantitative estimate of drug-likeness (QED) is 0.740. The van der Waals surface area contributed by atoms with Crippen molar-refractivity contribution in [1.29, 1.82) is 0 Å². The van der Waals surface area contributed by atoms with E-state index in [1.807, 2.05) is 0 Å². The Morgan fingerprint density at radius 1 is 1.43 bits per heavy atom. The van der Waals surface area contributed by atoms with E-state index in [4.69, 9.17) is 14.0 Å². The monoisotopic (exact) mass is 292 g/mol. The van der Waals surface area contributed by atoms with E-state index in [0.29, 0.717) is 32.1 Å². The minimum Gasteiger partial charge on any atom is -0.383 e. The Hall–Kier alpha value is -1.92. The highest BCUT2D eigenvalue weighted by molar-refractivity contribution is 5.92. The van der Waals surface area contributed by atoms with Gasteiger partial charge in [-0.3, -0.25) is 4.79 Å². The number of allylic oxidation sites excluding steroid dienone is 2. The SMILES string of the molecule is COCCNC(=O)c1cc(COCC2=CCCC=C2)on1. The summed E-state index contributed by atoms with van der Waals surface area (Å²) in [7, 11) is 1.58. The summed E-state index contributed by atoms with van der Waals surface area (Å²) in [6.45, 7) is 1.73. The van der Waals surface area contributed by atoms with Crippen LogP contribution in [0.15, 0.2) is 34.4 Å². The maximum Gasteiger partial charge on any atom is 0.273 e. The molecule has 0 radical (unpaired) electrons. The summed E-state index contributed by atoms with van der Waals surface area (Å²) in [5, 5.41) is 6.40. The molecule has 1 heterocycles. The first-order valence-corrected chi connectivity index (χ1v) is 6.95. The predicted molar refractivity (Wildman–Crippen MR) is 76.8 cm³/mol. The van der Waals surface area contributed by atoms with Crippen LogP contribution in [0.3, 0.4) is 0 Å². The molecular formula is C15H20N2O4. The van der Waals surface area contributed by atoms with Crippen molar-refractivity contribution in [2.45, 2.75) is 19.4 Å². The smallest absolute Gasteiger partial charge is 0.273 e. The molecule has 2 rings (SSSR count). The number of hydrogen-bond acceptors (Lipinski definition) is 5. The predicted octanol–water partition coefficient (Wildman–Crippen LogP) is 1.84. The van der Waals surface area contributed by atoms with E-state index in [9.17, 15) is 4.79 Å². The van der Waals surface area contributed by atoms with Crippen LogP contribution in [0.4, 0.5) is 0 Å². The van der Waals surface area contributed by atoms with Crippen molar-refractivity contribution < 1.29 is 18.8 Å². The zero-order valence-electron chi connectivity index (χ0n) is 12.1. The Morgan fingerprint density at radius 2 is 2.33 bits per heavy atom. The van der Waals surface area contributed by atoms with Gasteiger partial charge in [0.1, 0.15) is 6.61 Å². The third-order valence-electron chi connectivity index (χ3n) is 2.97. The molecule has 0 saturated carbocycles. The molecule has 1 aliphatic carbocycles. The number of nitrogens with zero attached hydrogens (tertiary/aromatic N) is 1. The fourth-order valence-corrected chi connectivity index (χ4v) is 1.89. The van der Waals surface area contributed by atoms with Crippen molar-refractivity contribution in [3.8, 4) is 0 Å². The highest BCUT2D eigenvalue weighted by atomic mass is 16.5. The van der Waals surface area contributed by atoms with Gasteiger partial charge in [0.05, 0.1) is 13.2 Å². The van der Waals surface area contributed by atoms with Crippen molar-refractivity contribution in [2.75, 3.05) is 26.9 Å².